The van der Waals surface area contributed by atoms with E-state index in [0.717, 1.165) is 16.8 Å². The van der Waals surface area contributed by atoms with Crippen LogP contribution in [0.5, 0.6) is 0 Å². The third kappa shape index (κ3) is 4.66. The molecule has 8 heteroatoms. The summed E-state index contributed by atoms with van der Waals surface area (Å²) >= 11 is 7.37. The molecular formula is C18H18ClN3O2S2. The van der Waals surface area contributed by atoms with Gasteiger partial charge in [-0.15, -0.1) is 10.2 Å². The Labute approximate surface area is 162 Å². The summed E-state index contributed by atoms with van der Waals surface area (Å²) in [4.78, 5) is 0. The number of sulfone groups is 1. The summed E-state index contributed by atoms with van der Waals surface area (Å²) in [6, 6.07) is 15.4. The van der Waals surface area contributed by atoms with Gasteiger partial charge in [-0.1, -0.05) is 35.5 Å². The molecule has 2 aromatic carbocycles. The highest BCUT2D eigenvalue weighted by Crippen LogP contribution is 2.29. The molecule has 0 saturated heterocycles. The second-order valence-electron chi connectivity index (χ2n) is 5.97. The van der Waals surface area contributed by atoms with E-state index in [2.05, 4.69) is 10.2 Å². The second-order valence-corrected chi connectivity index (χ2v) is 9.72. The van der Waals surface area contributed by atoms with Gasteiger partial charge in [-0.25, -0.2) is 8.42 Å². The maximum absolute atomic E-state index is 11.4. The van der Waals surface area contributed by atoms with Gasteiger partial charge in [0, 0.05) is 28.3 Å². The molecule has 1 heterocycles. The second kappa shape index (κ2) is 7.82. The lowest BCUT2D eigenvalue weighted by Gasteiger charge is -2.11. The van der Waals surface area contributed by atoms with Crippen LogP contribution in [-0.2, 0) is 9.84 Å². The molecule has 0 radical (unpaired) electrons. The molecular weight excluding hydrogens is 390 g/mol. The fourth-order valence-electron chi connectivity index (χ4n) is 2.43. The average molecular weight is 408 g/mol. The minimum absolute atomic E-state index is 0.0919. The molecule has 3 aromatic rings. The van der Waals surface area contributed by atoms with E-state index in [4.69, 9.17) is 11.6 Å². The largest absolute Gasteiger partial charge is 0.270 e. The van der Waals surface area contributed by atoms with Crippen molar-refractivity contribution in [3.63, 3.8) is 0 Å². The van der Waals surface area contributed by atoms with E-state index in [1.54, 1.807) is 0 Å². The minimum atomic E-state index is -3.02. The number of aryl methyl sites for hydroxylation is 1. The van der Waals surface area contributed by atoms with Gasteiger partial charge in [0.25, 0.3) is 0 Å². The highest BCUT2D eigenvalue weighted by Gasteiger charge is 2.17. The highest BCUT2D eigenvalue weighted by molar-refractivity contribution is 8.00. The summed E-state index contributed by atoms with van der Waals surface area (Å²) in [6.07, 6.45) is 1.23. The Bertz CT molecular complexity index is 1020. The van der Waals surface area contributed by atoms with E-state index >= 15 is 0 Å². The zero-order valence-electron chi connectivity index (χ0n) is 14.4. The Morgan fingerprint density at radius 2 is 1.85 bits per heavy atom. The summed E-state index contributed by atoms with van der Waals surface area (Å²) < 4.78 is 24.8. The van der Waals surface area contributed by atoms with Gasteiger partial charge in [-0.3, -0.25) is 4.57 Å². The zero-order chi connectivity index (χ0) is 18.7. The summed E-state index contributed by atoms with van der Waals surface area (Å²) in [6.45, 7) is 2.02. The summed E-state index contributed by atoms with van der Waals surface area (Å²) in [7, 11) is -3.02. The van der Waals surface area contributed by atoms with Crippen molar-refractivity contribution >= 4 is 33.2 Å². The predicted molar refractivity (Wildman–Crippen MR) is 107 cm³/mol. The number of nitrogens with zero attached hydrogens (tertiary/aromatic N) is 3. The number of thioether (sulfide) groups is 1. The molecule has 0 fully saturated rings. The molecule has 0 aliphatic carbocycles. The number of hydrogen-bond donors (Lipinski definition) is 0. The van der Waals surface area contributed by atoms with Gasteiger partial charge in [0.1, 0.15) is 9.84 Å². The Kier molecular flexibility index (Phi) is 5.70. The monoisotopic (exact) mass is 407 g/mol. The van der Waals surface area contributed by atoms with Gasteiger partial charge in [0.15, 0.2) is 11.0 Å². The van der Waals surface area contributed by atoms with Crippen molar-refractivity contribution in [3.8, 4) is 17.1 Å². The van der Waals surface area contributed by atoms with Crippen LogP contribution in [0.25, 0.3) is 17.1 Å². The van der Waals surface area contributed by atoms with Gasteiger partial charge in [0.05, 0.1) is 5.75 Å². The number of aromatic nitrogens is 3. The van der Waals surface area contributed by atoms with Gasteiger partial charge >= 0.3 is 0 Å². The normalized spacial score (nSPS) is 11.7. The Morgan fingerprint density at radius 3 is 2.50 bits per heavy atom. The van der Waals surface area contributed by atoms with Crippen LogP contribution in [0.15, 0.2) is 53.7 Å². The van der Waals surface area contributed by atoms with Crippen LogP contribution in [0.1, 0.15) is 5.56 Å². The summed E-state index contributed by atoms with van der Waals surface area (Å²) in [5, 5.41) is 9.93. The van der Waals surface area contributed by atoms with Crippen LogP contribution >= 0.6 is 23.4 Å². The molecule has 5 nitrogen and oxygen atoms in total. The third-order valence-electron chi connectivity index (χ3n) is 3.68. The van der Waals surface area contributed by atoms with Gasteiger partial charge < -0.3 is 0 Å². The van der Waals surface area contributed by atoms with Crippen molar-refractivity contribution in [2.45, 2.75) is 12.1 Å². The first-order valence-corrected chi connectivity index (χ1v) is 11.3. The van der Waals surface area contributed by atoms with Crippen molar-refractivity contribution in [3.05, 3.63) is 59.1 Å². The molecule has 0 bridgehead atoms. The fourth-order valence-corrected chi connectivity index (χ4v) is 4.71. The van der Waals surface area contributed by atoms with Crippen LogP contribution < -0.4 is 0 Å². The van der Waals surface area contributed by atoms with Crippen LogP contribution in [0.2, 0.25) is 5.02 Å². The van der Waals surface area contributed by atoms with E-state index in [1.165, 1.54) is 18.0 Å². The SMILES string of the molecule is Cc1cccc(-n2c(SCCS(C)(=O)=O)nnc2-c2ccc(Cl)cc2)c1. The lowest BCUT2D eigenvalue weighted by Crippen LogP contribution is -2.06. The quantitative estimate of drug-likeness (QED) is 0.577. The Morgan fingerprint density at radius 1 is 1.12 bits per heavy atom. The first-order chi connectivity index (χ1) is 12.3. The number of hydrogen-bond acceptors (Lipinski definition) is 5. The van der Waals surface area contributed by atoms with E-state index in [1.807, 2.05) is 60.0 Å². The van der Waals surface area contributed by atoms with Crippen molar-refractivity contribution in [2.24, 2.45) is 0 Å². The molecule has 1 aromatic heterocycles. The molecule has 0 aliphatic heterocycles. The molecule has 0 spiro atoms. The average Bonchev–Trinajstić information content (AvgIpc) is 2.98. The van der Waals surface area contributed by atoms with Crippen LogP contribution in [0.3, 0.4) is 0 Å². The van der Waals surface area contributed by atoms with Crippen molar-refractivity contribution in [1.29, 1.82) is 0 Å². The molecule has 3 rings (SSSR count). The van der Waals surface area contributed by atoms with Crippen LogP contribution in [0, 0.1) is 6.92 Å². The van der Waals surface area contributed by atoms with Gasteiger partial charge in [0.2, 0.25) is 0 Å². The molecule has 136 valence electrons. The molecule has 0 atom stereocenters. The van der Waals surface area contributed by atoms with E-state index in [-0.39, 0.29) is 5.75 Å². The molecule has 0 unspecified atom stereocenters. The smallest absolute Gasteiger partial charge is 0.196 e. The lowest BCUT2D eigenvalue weighted by atomic mass is 10.2. The van der Waals surface area contributed by atoms with Crippen LogP contribution in [0.4, 0.5) is 0 Å². The first-order valence-electron chi connectivity index (χ1n) is 7.92. The fraction of sp³-hybridized carbons (Fsp3) is 0.222. The third-order valence-corrected chi connectivity index (χ3v) is 6.07. The maximum Gasteiger partial charge on any atom is 0.196 e. The molecule has 0 aliphatic rings. The minimum Gasteiger partial charge on any atom is -0.270 e. The highest BCUT2D eigenvalue weighted by atomic mass is 35.5. The van der Waals surface area contributed by atoms with E-state index in [9.17, 15) is 8.42 Å². The Balaban J connectivity index is 2.03. The van der Waals surface area contributed by atoms with Gasteiger partial charge in [-0.05, 0) is 48.9 Å². The lowest BCUT2D eigenvalue weighted by molar-refractivity contribution is 0.603. The molecule has 0 saturated carbocycles. The number of halogens is 1. The molecule has 26 heavy (non-hydrogen) atoms. The van der Waals surface area contributed by atoms with Crippen molar-refractivity contribution in [2.75, 3.05) is 17.8 Å². The Hall–Kier alpha value is -1.83. The predicted octanol–water partition coefficient (Wildman–Crippen LogP) is 4.03. The molecule has 0 amide bonds. The number of benzene rings is 2. The summed E-state index contributed by atoms with van der Waals surface area (Å²) in [5.41, 5.74) is 2.94. The molecule has 0 N–H and O–H groups in total. The van der Waals surface area contributed by atoms with Crippen molar-refractivity contribution in [1.82, 2.24) is 14.8 Å². The van der Waals surface area contributed by atoms with E-state index < -0.39 is 9.84 Å². The standard InChI is InChI=1S/C18H18ClN3O2S2/c1-13-4-3-5-16(12-13)22-17(14-6-8-15(19)9-7-14)20-21-18(22)25-10-11-26(2,23)24/h3-9,12H,10-11H2,1-2H3. The first kappa shape index (κ1) is 18.9. The van der Waals surface area contributed by atoms with E-state index in [0.29, 0.717) is 21.8 Å². The topological polar surface area (TPSA) is 64.8 Å². The van der Waals surface area contributed by atoms with Crippen LogP contribution in [-0.4, -0.2) is 40.9 Å². The summed E-state index contributed by atoms with van der Waals surface area (Å²) in [5.74, 6) is 1.20. The zero-order valence-corrected chi connectivity index (χ0v) is 16.8. The van der Waals surface area contributed by atoms with Gasteiger partial charge in [-0.2, -0.15) is 0 Å². The number of rotatable bonds is 6. The maximum atomic E-state index is 11.4. The van der Waals surface area contributed by atoms with Crippen molar-refractivity contribution < 1.29 is 8.42 Å².